The first-order chi connectivity index (χ1) is 15.2. The van der Waals surface area contributed by atoms with Crippen LogP contribution in [-0.2, 0) is 19.3 Å². The van der Waals surface area contributed by atoms with Gasteiger partial charge in [-0.15, -0.1) is 0 Å². The van der Waals surface area contributed by atoms with Gasteiger partial charge in [-0.25, -0.2) is 0 Å². The maximum atomic E-state index is 2.52. The van der Waals surface area contributed by atoms with Gasteiger partial charge in [0.25, 0.3) is 0 Å². The molecule has 0 fully saturated rings. The molecule has 0 saturated heterocycles. The van der Waals surface area contributed by atoms with Crippen molar-refractivity contribution in [3.63, 3.8) is 0 Å². The van der Waals surface area contributed by atoms with Crippen molar-refractivity contribution in [3.8, 4) is 0 Å². The number of aryl methyl sites for hydroxylation is 3. The van der Waals surface area contributed by atoms with Crippen molar-refractivity contribution in [3.05, 3.63) is 89.5 Å². The molecule has 3 aromatic carbocycles. The third-order valence-corrected chi connectivity index (χ3v) is 11.0. The molecular weight excluding hydrogens is 435 g/mol. The first-order valence-corrected chi connectivity index (χ1v) is 15.1. The van der Waals surface area contributed by atoms with Crippen LogP contribution in [0.2, 0.25) is 0 Å². The monoisotopic (exact) mass is 474 g/mol. The molecule has 0 atom stereocenters. The fraction of sp³-hybridized carbons (Fsp3) is 0.400. The van der Waals surface area contributed by atoms with Gasteiger partial charge in [-0.2, -0.15) is 0 Å². The Balaban J connectivity index is 2.03. The van der Waals surface area contributed by atoms with E-state index in [1.165, 1.54) is 74.5 Å². The quantitative estimate of drug-likeness (QED) is 0.273. The summed E-state index contributed by atoms with van der Waals surface area (Å²) < 4.78 is 4.71. The van der Waals surface area contributed by atoms with Gasteiger partial charge in [0.05, 0.1) is 0 Å². The van der Waals surface area contributed by atoms with E-state index in [-0.39, 0.29) is 0 Å². The van der Waals surface area contributed by atoms with Crippen LogP contribution in [0.1, 0.15) is 76.0 Å². The molecule has 0 bridgehead atoms. The summed E-state index contributed by atoms with van der Waals surface area (Å²) in [6, 6.07) is 28.6. The van der Waals surface area contributed by atoms with Crippen molar-refractivity contribution in [2.45, 2.75) is 78.6 Å². The Kier molecular flexibility index (Phi) is 9.95. The number of rotatable bonds is 12. The minimum atomic E-state index is -1.58. The summed E-state index contributed by atoms with van der Waals surface area (Å²) in [6.07, 6.45) is 11.2. The SMILES string of the molecule is CCCCc1cccc([As](c2cccc(CCCC)c2)c2cccc(CCCC)c2)c1. The van der Waals surface area contributed by atoms with Crippen LogP contribution < -0.4 is 13.1 Å². The predicted octanol–water partition coefficient (Wildman–Crippen LogP) is 6.23. The normalized spacial score (nSPS) is 11.2. The second-order valence-corrected chi connectivity index (χ2v) is 13.3. The molecule has 1 heteroatoms. The van der Waals surface area contributed by atoms with Crippen LogP contribution in [0.4, 0.5) is 0 Å². The van der Waals surface area contributed by atoms with Crippen molar-refractivity contribution >= 4 is 27.7 Å². The van der Waals surface area contributed by atoms with Crippen LogP contribution in [0.3, 0.4) is 0 Å². The zero-order chi connectivity index (χ0) is 21.9. The van der Waals surface area contributed by atoms with E-state index in [2.05, 4.69) is 93.6 Å². The molecule has 0 spiro atoms. The molecule has 3 rings (SSSR count). The summed E-state index contributed by atoms with van der Waals surface area (Å²) in [5.74, 6) is 0. The van der Waals surface area contributed by atoms with Crippen molar-refractivity contribution in [1.82, 2.24) is 0 Å². The molecule has 0 aromatic heterocycles. The molecule has 0 aliphatic heterocycles. The molecule has 0 aliphatic carbocycles. The summed E-state index contributed by atoms with van der Waals surface area (Å²) in [5, 5.41) is 0. The Morgan fingerprint density at radius 3 is 1.10 bits per heavy atom. The molecule has 0 saturated carbocycles. The van der Waals surface area contributed by atoms with Gasteiger partial charge < -0.3 is 0 Å². The zero-order valence-electron chi connectivity index (χ0n) is 19.7. The molecular formula is C30H39As. The summed E-state index contributed by atoms with van der Waals surface area (Å²) in [4.78, 5) is 0. The Labute approximate surface area is 195 Å². The molecule has 0 aliphatic rings. The minimum absolute atomic E-state index is 1.19. The van der Waals surface area contributed by atoms with Gasteiger partial charge in [-0.05, 0) is 0 Å². The zero-order valence-corrected chi connectivity index (χ0v) is 21.6. The van der Waals surface area contributed by atoms with Gasteiger partial charge in [0.2, 0.25) is 0 Å². The molecule has 0 amide bonds. The Morgan fingerprint density at radius 1 is 0.484 bits per heavy atom. The van der Waals surface area contributed by atoms with E-state index in [1.807, 2.05) is 0 Å². The third-order valence-electron chi connectivity index (χ3n) is 5.96. The van der Waals surface area contributed by atoms with Crippen LogP contribution >= 0.6 is 0 Å². The van der Waals surface area contributed by atoms with Crippen LogP contribution in [0.25, 0.3) is 0 Å². The molecule has 0 N–H and O–H groups in total. The number of hydrogen-bond donors (Lipinski definition) is 0. The van der Waals surface area contributed by atoms with E-state index in [4.69, 9.17) is 0 Å². The first kappa shape index (κ1) is 23.9. The second-order valence-electron chi connectivity index (χ2n) is 8.66. The van der Waals surface area contributed by atoms with Crippen molar-refractivity contribution < 1.29 is 0 Å². The Bertz CT molecular complexity index is 805. The maximum absolute atomic E-state index is 2.52. The van der Waals surface area contributed by atoms with E-state index in [0.29, 0.717) is 0 Å². The van der Waals surface area contributed by atoms with Crippen molar-refractivity contribution in [1.29, 1.82) is 0 Å². The van der Waals surface area contributed by atoms with Crippen LogP contribution in [0.15, 0.2) is 72.8 Å². The van der Waals surface area contributed by atoms with E-state index in [9.17, 15) is 0 Å². The van der Waals surface area contributed by atoms with E-state index in [1.54, 1.807) is 13.1 Å². The van der Waals surface area contributed by atoms with Crippen LogP contribution in [0, 0.1) is 0 Å². The van der Waals surface area contributed by atoms with E-state index >= 15 is 0 Å². The number of unbranched alkanes of at least 4 members (excludes halogenated alkanes) is 3. The molecule has 0 radical (unpaired) electrons. The van der Waals surface area contributed by atoms with E-state index in [0.717, 1.165) is 0 Å². The van der Waals surface area contributed by atoms with Crippen molar-refractivity contribution in [2.24, 2.45) is 0 Å². The molecule has 0 nitrogen and oxygen atoms in total. The average Bonchev–Trinajstić information content (AvgIpc) is 2.81. The van der Waals surface area contributed by atoms with Crippen LogP contribution in [-0.4, -0.2) is 14.7 Å². The van der Waals surface area contributed by atoms with E-state index < -0.39 is 14.7 Å². The Hall–Kier alpha value is -1.78. The van der Waals surface area contributed by atoms with Crippen molar-refractivity contribution in [2.75, 3.05) is 0 Å². The van der Waals surface area contributed by atoms with Gasteiger partial charge in [-0.3, -0.25) is 0 Å². The van der Waals surface area contributed by atoms with Gasteiger partial charge in [0, 0.05) is 0 Å². The number of benzene rings is 3. The molecule has 164 valence electrons. The fourth-order valence-corrected chi connectivity index (χ4v) is 9.36. The summed E-state index contributed by atoms with van der Waals surface area (Å²) in [6.45, 7) is 6.85. The summed E-state index contributed by atoms with van der Waals surface area (Å²) in [7, 11) is 0. The molecule has 0 unspecified atom stereocenters. The topological polar surface area (TPSA) is 0 Å². The third kappa shape index (κ3) is 7.11. The molecule has 3 aromatic rings. The van der Waals surface area contributed by atoms with Gasteiger partial charge >= 0.3 is 196 Å². The van der Waals surface area contributed by atoms with Gasteiger partial charge in [0.15, 0.2) is 0 Å². The van der Waals surface area contributed by atoms with Gasteiger partial charge in [0.1, 0.15) is 0 Å². The van der Waals surface area contributed by atoms with Crippen LogP contribution in [0.5, 0.6) is 0 Å². The summed E-state index contributed by atoms with van der Waals surface area (Å²) >= 11 is -1.58. The number of hydrogen-bond acceptors (Lipinski definition) is 0. The fourth-order valence-electron chi connectivity index (χ4n) is 4.14. The Morgan fingerprint density at radius 2 is 0.806 bits per heavy atom. The summed E-state index contributed by atoms with van der Waals surface area (Å²) in [5.41, 5.74) is 4.51. The first-order valence-electron chi connectivity index (χ1n) is 12.3. The molecule has 31 heavy (non-hydrogen) atoms. The molecule has 0 heterocycles. The van der Waals surface area contributed by atoms with Gasteiger partial charge in [-0.1, -0.05) is 0 Å². The predicted molar refractivity (Wildman–Crippen MR) is 140 cm³/mol. The second kappa shape index (κ2) is 12.9. The average molecular weight is 475 g/mol. The standard InChI is InChI=1S/C30H39As/c1-4-7-13-25-16-10-19-28(22-25)31(29-20-11-17-26(23-29)14-8-5-2)30-21-12-18-27(24-30)15-9-6-3/h10-12,16-24H,4-9,13-15H2,1-3H3.